The summed E-state index contributed by atoms with van der Waals surface area (Å²) in [4.78, 5) is 11.9. The molecule has 222 valence electrons. The number of alkyl carbamates (subject to hydrolysis) is 1. The van der Waals surface area contributed by atoms with E-state index in [0.29, 0.717) is 0 Å². The first-order valence-corrected chi connectivity index (χ1v) is 13.6. The number of sulfone groups is 1. The number of hydrogen-bond donors (Lipinski definition) is 1. The molecular weight excluding hydrogens is 574 g/mol. The van der Waals surface area contributed by atoms with Gasteiger partial charge in [-0.2, -0.15) is 26.3 Å². The molecule has 0 bridgehead atoms. The summed E-state index contributed by atoms with van der Waals surface area (Å²) in [5, 5.41) is 2.62. The van der Waals surface area contributed by atoms with Crippen LogP contribution in [0.3, 0.4) is 0 Å². The number of carbonyl (C=O) groups excluding carboxylic acids is 1. The average molecular weight is 602 g/mol. The Labute approximate surface area is 225 Å². The highest BCUT2D eigenvalue weighted by Gasteiger charge is 2.73. The number of ether oxygens (including phenoxy) is 1. The second-order valence-electron chi connectivity index (χ2n) is 10.6. The van der Waals surface area contributed by atoms with E-state index in [1.807, 2.05) is 0 Å². The summed E-state index contributed by atoms with van der Waals surface area (Å²) in [6.45, 7) is 4.92. The van der Waals surface area contributed by atoms with E-state index in [4.69, 9.17) is 4.74 Å². The quantitative estimate of drug-likeness (QED) is 0.290. The molecule has 0 saturated heterocycles. The van der Waals surface area contributed by atoms with Gasteiger partial charge in [-0.05, 0) is 76.3 Å². The lowest BCUT2D eigenvalue weighted by Gasteiger charge is -2.40. The van der Waals surface area contributed by atoms with E-state index in [0.717, 1.165) is 36.4 Å². The minimum atomic E-state index is -6.34. The zero-order valence-corrected chi connectivity index (χ0v) is 22.4. The van der Waals surface area contributed by atoms with Crippen LogP contribution < -0.4 is 5.32 Å². The minimum Gasteiger partial charge on any atom is -0.444 e. The second kappa shape index (κ2) is 10.5. The largest absolute Gasteiger partial charge is 0.444 e. The van der Waals surface area contributed by atoms with Gasteiger partial charge in [0.2, 0.25) is 0 Å². The molecule has 1 N–H and O–H groups in total. The predicted molar refractivity (Wildman–Crippen MR) is 128 cm³/mol. The molecular formula is C26H27F8NO4S. The second-order valence-corrected chi connectivity index (χ2v) is 12.9. The summed E-state index contributed by atoms with van der Waals surface area (Å²) < 4.78 is 139. The maximum absolute atomic E-state index is 14.6. The highest BCUT2D eigenvalue weighted by Crippen LogP contribution is 2.54. The number of halogens is 8. The molecule has 0 aromatic heterocycles. The van der Waals surface area contributed by atoms with Crippen LogP contribution in [0.15, 0.2) is 53.4 Å². The number of amides is 1. The van der Waals surface area contributed by atoms with Crippen molar-refractivity contribution in [2.24, 2.45) is 0 Å². The number of benzene rings is 2. The lowest BCUT2D eigenvalue weighted by Crippen LogP contribution is -2.50. The Morgan fingerprint density at radius 3 is 1.75 bits per heavy atom. The summed E-state index contributed by atoms with van der Waals surface area (Å²) in [7, 11) is -4.43. The van der Waals surface area contributed by atoms with Crippen molar-refractivity contribution in [3.8, 4) is 0 Å². The van der Waals surface area contributed by atoms with Crippen LogP contribution in [0.5, 0.6) is 0 Å². The molecule has 0 spiro atoms. The molecule has 1 aliphatic rings. The monoisotopic (exact) mass is 601 g/mol. The number of hydrogen-bond acceptors (Lipinski definition) is 4. The molecule has 0 atom stereocenters. The molecule has 0 heterocycles. The first-order valence-electron chi connectivity index (χ1n) is 12.1. The maximum Gasteiger partial charge on any atom is 0.435 e. The molecule has 1 saturated carbocycles. The third-order valence-electron chi connectivity index (χ3n) is 6.74. The third-order valence-corrected chi connectivity index (χ3v) is 9.31. The number of nitrogens with one attached hydrogen (secondary N) is 1. The number of rotatable bonds is 5. The molecule has 1 aliphatic carbocycles. The van der Waals surface area contributed by atoms with Gasteiger partial charge in [0.1, 0.15) is 16.2 Å². The van der Waals surface area contributed by atoms with E-state index in [9.17, 15) is 48.3 Å². The molecule has 1 fully saturated rings. The van der Waals surface area contributed by atoms with Crippen LogP contribution in [0.25, 0.3) is 0 Å². The fraction of sp³-hybridized carbons (Fsp3) is 0.500. The van der Waals surface area contributed by atoms with Crippen LogP contribution in [-0.2, 0) is 25.0 Å². The van der Waals surface area contributed by atoms with Crippen LogP contribution in [-0.4, -0.2) is 38.5 Å². The Morgan fingerprint density at radius 2 is 1.32 bits per heavy atom. The van der Waals surface area contributed by atoms with Crippen molar-refractivity contribution in [2.75, 3.05) is 0 Å². The van der Waals surface area contributed by atoms with E-state index < -0.39 is 61.7 Å². The van der Waals surface area contributed by atoms with Crippen molar-refractivity contribution >= 4 is 15.9 Å². The first kappa shape index (κ1) is 31.6. The average Bonchev–Trinajstić information content (AvgIpc) is 2.82. The zero-order chi connectivity index (χ0) is 30.4. The normalized spacial score (nSPS) is 21.1. The van der Waals surface area contributed by atoms with Gasteiger partial charge in [-0.3, -0.25) is 0 Å². The van der Waals surface area contributed by atoms with Crippen molar-refractivity contribution in [3.63, 3.8) is 0 Å². The Bertz CT molecular complexity index is 1290. The topological polar surface area (TPSA) is 72.5 Å². The summed E-state index contributed by atoms with van der Waals surface area (Å²) >= 11 is 0. The molecule has 14 heteroatoms. The number of alkyl halides is 7. The van der Waals surface area contributed by atoms with Crippen LogP contribution in [0.2, 0.25) is 0 Å². The summed E-state index contributed by atoms with van der Waals surface area (Å²) in [5.41, 5.74) is -8.43. The fourth-order valence-corrected chi connectivity index (χ4v) is 6.91. The Kier molecular flexibility index (Phi) is 8.30. The summed E-state index contributed by atoms with van der Waals surface area (Å²) in [6, 6.07) is 5.20. The van der Waals surface area contributed by atoms with Crippen molar-refractivity contribution in [3.05, 3.63) is 65.5 Å². The van der Waals surface area contributed by atoms with Crippen LogP contribution >= 0.6 is 0 Å². The Balaban J connectivity index is 2.05. The van der Waals surface area contributed by atoms with Crippen molar-refractivity contribution in [1.29, 1.82) is 0 Å². The van der Waals surface area contributed by atoms with Gasteiger partial charge in [0.05, 0.1) is 4.90 Å². The molecule has 5 nitrogen and oxygen atoms in total. The fourth-order valence-electron chi connectivity index (χ4n) is 4.75. The molecule has 3 rings (SSSR count). The molecule has 0 aliphatic heterocycles. The lowest BCUT2D eigenvalue weighted by atomic mass is 9.80. The lowest BCUT2D eigenvalue weighted by molar-refractivity contribution is -0.348. The molecule has 2 aromatic rings. The van der Waals surface area contributed by atoms with E-state index in [1.54, 1.807) is 20.8 Å². The van der Waals surface area contributed by atoms with Crippen molar-refractivity contribution < 1.29 is 53.1 Å². The highest BCUT2D eigenvalue weighted by molar-refractivity contribution is 7.92. The molecule has 0 unspecified atom stereocenters. The maximum atomic E-state index is 14.6. The zero-order valence-electron chi connectivity index (χ0n) is 21.6. The third kappa shape index (κ3) is 5.91. The van der Waals surface area contributed by atoms with Crippen LogP contribution in [0.4, 0.5) is 39.9 Å². The van der Waals surface area contributed by atoms with Gasteiger partial charge in [-0.1, -0.05) is 24.3 Å². The van der Waals surface area contributed by atoms with E-state index >= 15 is 0 Å². The van der Waals surface area contributed by atoms with Crippen molar-refractivity contribution in [2.45, 2.75) is 85.8 Å². The van der Waals surface area contributed by atoms with Gasteiger partial charge in [0.15, 0.2) is 9.84 Å². The Morgan fingerprint density at radius 1 is 0.850 bits per heavy atom. The predicted octanol–water partition coefficient (Wildman–Crippen LogP) is 7.25. The van der Waals surface area contributed by atoms with Gasteiger partial charge in [0, 0.05) is 11.6 Å². The molecule has 1 amide bonds. The minimum absolute atomic E-state index is 0.0412. The number of carbonyl (C=O) groups is 1. The van der Waals surface area contributed by atoms with Gasteiger partial charge in [0.25, 0.3) is 0 Å². The summed E-state index contributed by atoms with van der Waals surface area (Å²) in [6.07, 6.45) is -13.8. The van der Waals surface area contributed by atoms with Gasteiger partial charge in [-0.15, -0.1) is 0 Å². The first-order chi connectivity index (χ1) is 18.1. The van der Waals surface area contributed by atoms with E-state index in [1.165, 1.54) is 0 Å². The molecule has 40 heavy (non-hydrogen) atoms. The van der Waals surface area contributed by atoms with E-state index in [2.05, 4.69) is 5.32 Å². The molecule has 2 aromatic carbocycles. The molecule has 0 radical (unpaired) electrons. The van der Waals surface area contributed by atoms with Gasteiger partial charge >= 0.3 is 24.1 Å². The van der Waals surface area contributed by atoms with E-state index in [-0.39, 0.29) is 48.3 Å². The van der Waals surface area contributed by atoms with Crippen LogP contribution in [0.1, 0.15) is 57.6 Å². The van der Waals surface area contributed by atoms with Gasteiger partial charge < -0.3 is 10.1 Å². The Hall–Kier alpha value is -2.90. The summed E-state index contributed by atoms with van der Waals surface area (Å²) in [5.74, 6) is -0.735. The smallest absolute Gasteiger partial charge is 0.435 e. The standard InChI is InChI=1S/C26H27F8NO4S/c1-22(2,3)39-21(36)35-19-12-14-23(15-13-19,40(37,38)20-10-8-18(27)9-11-20)16-4-6-17(7-5-16)24(28,25(29,30)31)26(32,33)34/h4-11,19H,12-15H2,1-3H3,(H,35,36)/t19-,23+. The SMILES string of the molecule is CC(C)(C)OC(=O)N[C@H]1CC[C@@](c2ccc(C(F)(C(F)(F)F)C(F)(F)F)cc2)(S(=O)(=O)c2ccc(F)cc2)CC1. The van der Waals surface area contributed by atoms with Crippen LogP contribution in [0, 0.1) is 5.82 Å². The van der Waals surface area contributed by atoms with Crippen molar-refractivity contribution in [1.82, 2.24) is 5.32 Å². The van der Waals surface area contributed by atoms with Gasteiger partial charge in [-0.25, -0.2) is 22.0 Å². The highest BCUT2D eigenvalue weighted by atomic mass is 32.2.